The molecule has 78 valence electrons. The second-order valence-corrected chi connectivity index (χ2v) is 5.84. The van der Waals surface area contributed by atoms with E-state index in [1.54, 1.807) is 0 Å². The van der Waals surface area contributed by atoms with Gasteiger partial charge in [0.2, 0.25) is 5.91 Å². The molecule has 0 saturated carbocycles. The van der Waals surface area contributed by atoms with Gasteiger partial charge in [0.15, 0.2) is 0 Å². The molecule has 0 bridgehead atoms. The van der Waals surface area contributed by atoms with E-state index in [4.69, 9.17) is 0 Å². The van der Waals surface area contributed by atoms with E-state index in [-0.39, 0.29) is 5.91 Å². The maximum absolute atomic E-state index is 11.8. The molecule has 0 unspecified atom stereocenters. The lowest BCUT2D eigenvalue weighted by Crippen LogP contribution is -2.44. The Labute approximate surface area is 89.8 Å². The van der Waals surface area contributed by atoms with Gasteiger partial charge in [0.1, 0.15) is 0 Å². The van der Waals surface area contributed by atoms with Crippen molar-refractivity contribution in [1.29, 1.82) is 0 Å². The first-order valence-corrected chi connectivity index (χ1v) is 5.60. The topological polar surface area (TPSA) is 20.3 Å². The molecule has 0 saturated heterocycles. The van der Waals surface area contributed by atoms with Gasteiger partial charge in [-0.15, -0.1) is 0 Å². The molecule has 0 aliphatic heterocycles. The number of carbonyl (C=O) groups is 1. The number of hydrogen-bond donors (Lipinski definition) is 0. The van der Waals surface area contributed by atoms with Crippen molar-refractivity contribution < 1.29 is 4.79 Å². The summed E-state index contributed by atoms with van der Waals surface area (Å²) < 4.78 is -0.440. The fourth-order valence-electron chi connectivity index (χ4n) is 1.42. The van der Waals surface area contributed by atoms with Crippen molar-refractivity contribution in [3.63, 3.8) is 0 Å². The first-order valence-electron chi connectivity index (χ1n) is 4.80. The van der Waals surface area contributed by atoms with Gasteiger partial charge in [-0.25, -0.2) is 0 Å². The normalized spacial score (nSPS) is 11.9. The van der Waals surface area contributed by atoms with Crippen LogP contribution < -0.4 is 0 Å². The van der Waals surface area contributed by atoms with E-state index in [1.807, 2.05) is 25.8 Å². The summed E-state index contributed by atoms with van der Waals surface area (Å²) in [5.74, 6) is 0.154. The maximum atomic E-state index is 11.8. The summed E-state index contributed by atoms with van der Waals surface area (Å²) in [5.41, 5.74) is 0. The highest BCUT2D eigenvalue weighted by molar-refractivity contribution is 9.10. The van der Waals surface area contributed by atoms with E-state index in [0.29, 0.717) is 6.04 Å². The second kappa shape index (κ2) is 4.99. The van der Waals surface area contributed by atoms with Gasteiger partial charge < -0.3 is 4.90 Å². The Kier molecular flexibility index (Phi) is 4.97. The van der Waals surface area contributed by atoms with Gasteiger partial charge >= 0.3 is 0 Å². The molecule has 0 heterocycles. The zero-order chi connectivity index (χ0) is 10.6. The molecule has 0 aromatic rings. The highest BCUT2D eigenvalue weighted by atomic mass is 79.9. The van der Waals surface area contributed by atoms with Crippen LogP contribution in [0.3, 0.4) is 0 Å². The monoisotopic (exact) mass is 249 g/mol. The van der Waals surface area contributed by atoms with E-state index in [9.17, 15) is 4.79 Å². The summed E-state index contributed by atoms with van der Waals surface area (Å²) >= 11 is 3.38. The molecule has 0 fully saturated rings. The molecule has 0 N–H and O–H groups in total. The van der Waals surface area contributed by atoms with Gasteiger partial charge in [0.05, 0.1) is 4.32 Å². The summed E-state index contributed by atoms with van der Waals surface area (Å²) in [6.07, 6.45) is 2.03. The Morgan fingerprint density at radius 2 is 1.77 bits per heavy atom. The maximum Gasteiger partial charge on any atom is 0.238 e. The fraction of sp³-hybridized carbons (Fsp3) is 0.900. The molecule has 0 atom stereocenters. The third kappa shape index (κ3) is 3.67. The van der Waals surface area contributed by atoms with Crippen LogP contribution in [0.4, 0.5) is 0 Å². The molecule has 3 heteroatoms. The van der Waals surface area contributed by atoms with Crippen LogP contribution in [0.1, 0.15) is 40.5 Å². The molecule has 1 amide bonds. The zero-order valence-corrected chi connectivity index (χ0v) is 10.8. The van der Waals surface area contributed by atoms with Crippen molar-refractivity contribution in [2.24, 2.45) is 0 Å². The zero-order valence-electron chi connectivity index (χ0n) is 9.22. The lowest BCUT2D eigenvalue weighted by molar-refractivity contribution is -0.133. The van der Waals surface area contributed by atoms with Crippen LogP contribution in [0, 0.1) is 0 Å². The van der Waals surface area contributed by atoms with Crippen LogP contribution >= 0.6 is 15.9 Å². The van der Waals surface area contributed by atoms with Gasteiger partial charge in [-0.3, -0.25) is 4.79 Å². The van der Waals surface area contributed by atoms with Crippen LogP contribution in [-0.2, 0) is 4.79 Å². The third-order valence-corrected chi connectivity index (χ3v) is 2.66. The number of halogens is 1. The standard InChI is InChI=1S/C10H20BrNO/c1-6-8(7-2)12(5)9(13)10(3,4)11/h8H,6-7H2,1-5H3. The average molecular weight is 250 g/mol. The first-order chi connectivity index (χ1) is 5.84. The Bertz CT molecular complexity index is 170. The van der Waals surface area contributed by atoms with E-state index in [2.05, 4.69) is 29.8 Å². The first kappa shape index (κ1) is 12.9. The van der Waals surface area contributed by atoms with Gasteiger partial charge in [-0.2, -0.15) is 0 Å². The number of amides is 1. The number of hydrogen-bond acceptors (Lipinski definition) is 1. The molecular formula is C10H20BrNO. The molecule has 0 rings (SSSR count). The van der Waals surface area contributed by atoms with Gasteiger partial charge in [0, 0.05) is 13.1 Å². The Morgan fingerprint density at radius 1 is 1.38 bits per heavy atom. The second-order valence-electron chi connectivity index (χ2n) is 3.86. The van der Waals surface area contributed by atoms with E-state index in [1.165, 1.54) is 0 Å². The number of nitrogens with zero attached hydrogens (tertiary/aromatic N) is 1. The lowest BCUT2D eigenvalue weighted by Gasteiger charge is -2.31. The molecule has 0 spiro atoms. The molecule has 0 aromatic carbocycles. The Hall–Kier alpha value is -0.0500. The molecular weight excluding hydrogens is 230 g/mol. The lowest BCUT2D eigenvalue weighted by atomic mass is 10.1. The quantitative estimate of drug-likeness (QED) is 0.702. The predicted molar refractivity (Wildman–Crippen MR) is 60.1 cm³/mol. The predicted octanol–water partition coefficient (Wildman–Crippen LogP) is 2.81. The minimum Gasteiger partial charge on any atom is -0.342 e. The van der Waals surface area contributed by atoms with Crippen LogP contribution in [0.5, 0.6) is 0 Å². The third-order valence-electron chi connectivity index (χ3n) is 2.32. The highest BCUT2D eigenvalue weighted by Crippen LogP contribution is 2.21. The van der Waals surface area contributed by atoms with Gasteiger partial charge in [0.25, 0.3) is 0 Å². The average Bonchev–Trinajstić information content (AvgIpc) is 2.03. The smallest absolute Gasteiger partial charge is 0.238 e. The molecule has 0 aromatic heterocycles. The van der Waals surface area contributed by atoms with Crippen LogP contribution in [0.25, 0.3) is 0 Å². The van der Waals surface area contributed by atoms with Crippen LogP contribution in [0.2, 0.25) is 0 Å². The SMILES string of the molecule is CCC(CC)N(C)C(=O)C(C)(C)Br. The van der Waals surface area contributed by atoms with Crippen LogP contribution in [-0.4, -0.2) is 28.2 Å². The Morgan fingerprint density at radius 3 is 2.00 bits per heavy atom. The van der Waals surface area contributed by atoms with E-state index in [0.717, 1.165) is 12.8 Å². The molecule has 2 nitrogen and oxygen atoms in total. The van der Waals surface area contributed by atoms with Crippen molar-refractivity contribution in [2.45, 2.75) is 50.9 Å². The molecule has 0 aliphatic carbocycles. The van der Waals surface area contributed by atoms with Gasteiger partial charge in [-0.1, -0.05) is 29.8 Å². The van der Waals surface area contributed by atoms with Crippen molar-refractivity contribution in [3.05, 3.63) is 0 Å². The van der Waals surface area contributed by atoms with E-state index >= 15 is 0 Å². The van der Waals surface area contributed by atoms with Gasteiger partial charge in [-0.05, 0) is 26.7 Å². The minimum absolute atomic E-state index is 0.154. The molecule has 0 aliphatic rings. The summed E-state index contributed by atoms with van der Waals surface area (Å²) in [4.78, 5) is 13.6. The van der Waals surface area contributed by atoms with Crippen molar-refractivity contribution >= 4 is 21.8 Å². The fourth-order valence-corrected chi connectivity index (χ4v) is 1.70. The summed E-state index contributed by atoms with van der Waals surface area (Å²) in [5, 5.41) is 0. The summed E-state index contributed by atoms with van der Waals surface area (Å²) in [7, 11) is 1.88. The van der Waals surface area contributed by atoms with Crippen molar-refractivity contribution in [3.8, 4) is 0 Å². The van der Waals surface area contributed by atoms with Crippen molar-refractivity contribution in [2.75, 3.05) is 7.05 Å². The largest absolute Gasteiger partial charge is 0.342 e. The number of alkyl halides is 1. The summed E-state index contributed by atoms with van der Waals surface area (Å²) in [6, 6.07) is 0.365. The minimum atomic E-state index is -0.440. The molecule has 0 radical (unpaired) electrons. The molecule has 13 heavy (non-hydrogen) atoms. The highest BCUT2D eigenvalue weighted by Gasteiger charge is 2.29. The van der Waals surface area contributed by atoms with E-state index < -0.39 is 4.32 Å². The van der Waals surface area contributed by atoms with Crippen LogP contribution in [0.15, 0.2) is 0 Å². The van der Waals surface area contributed by atoms with Crippen molar-refractivity contribution in [1.82, 2.24) is 4.90 Å². The number of carbonyl (C=O) groups excluding carboxylic acids is 1. The Balaban J connectivity index is 4.41. The summed E-state index contributed by atoms with van der Waals surface area (Å²) in [6.45, 7) is 7.99. The number of rotatable bonds is 4.